The van der Waals surface area contributed by atoms with E-state index in [2.05, 4.69) is 36.1 Å². The second-order valence-corrected chi connectivity index (χ2v) is 10.4. The Balaban J connectivity index is 1.26. The Kier molecular flexibility index (Phi) is 5.48. The van der Waals surface area contributed by atoms with Crippen LogP contribution in [0, 0.1) is 5.13 Å². The summed E-state index contributed by atoms with van der Waals surface area (Å²) in [5.41, 5.74) is 7.25. The number of aromatic amines is 2. The van der Waals surface area contributed by atoms with Gasteiger partial charge in [-0.1, -0.05) is 6.42 Å². The molecule has 37 heavy (non-hydrogen) atoms. The first kappa shape index (κ1) is 22.2. The average Bonchev–Trinajstić information content (AvgIpc) is 3.66. The molecule has 6 aromatic rings. The Morgan fingerprint density at radius 3 is 2.68 bits per heavy atom. The minimum Gasteiger partial charge on any atom is -0.336 e. The zero-order valence-corrected chi connectivity index (χ0v) is 20.7. The van der Waals surface area contributed by atoms with Gasteiger partial charge in [-0.15, -0.1) is 11.3 Å². The van der Waals surface area contributed by atoms with Crippen LogP contribution >= 0.6 is 11.3 Å². The van der Waals surface area contributed by atoms with Crippen LogP contribution in [-0.4, -0.2) is 53.1 Å². The minimum absolute atomic E-state index is 0.255. The molecule has 0 atom stereocenters. The van der Waals surface area contributed by atoms with Gasteiger partial charge in [-0.3, -0.25) is 20.0 Å². The highest BCUT2D eigenvalue weighted by Crippen LogP contribution is 2.33. The number of piperidine rings is 1. The molecule has 1 saturated heterocycles. The van der Waals surface area contributed by atoms with Crippen molar-refractivity contribution in [2.75, 3.05) is 13.1 Å². The molecule has 8 nitrogen and oxygen atoms in total. The highest BCUT2D eigenvalue weighted by molar-refractivity contribution is 7.13. The van der Waals surface area contributed by atoms with Crippen LogP contribution < -0.4 is 0 Å². The summed E-state index contributed by atoms with van der Waals surface area (Å²) in [5.74, 6) is 0.578. The maximum atomic E-state index is 13.7. The van der Waals surface area contributed by atoms with Crippen LogP contribution in [0.2, 0.25) is 0 Å². The summed E-state index contributed by atoms with van der Waals surface area (Å²) < 4.78 is 13.7. The molecule has 0 unspecified atom stereocenters. The number of halogens is 1. The summed E-state index contributed by atoms with van der Waals surface area (Å²) in [6.07, 6.45) is 9.34. The molecule has 10 heteroatoms. The number of imidazole rings is 1. The minimum atomic E-state index is -0.255. The molecule has 2 N–H and O–H groups in total. The number of rotatable bonds is 5. The molecule has 1 fully saturated rings. The van der Waals surface area contributed by atoms with E-state index in [1.54, 1.807) is 12.3 Å². The first-order chi connectivity index (χ1) is 18.2. The molecule has 0 spiro atoms. The Morgan fingerprint density at radius 1 is 0.919 bits per heavy atom. The highest BCUT2D eigenvalue weighted by Gasteiger charge is 2.18. The Bertz CT molecular complexity index is 1730. The van der Waals surface area contributed by atoms with Gasteiger partial charge in [0.1, 0.15) is 16.7 Å². The number of hydrogen-bond donors (Lipinski definition) is 2. The van der Waals surface area contributed by atoms with E-state index in [0.29, 0.717) is 22.7 Å². The van der Waals surface area contributed by atoms with Gasteiger partial charge in [0.2, 0.25) is 0 Å². The largest absolute Gasteiger partial charge is 0.336 e. The van der Waals surface area contributed by atoms with Crippen molar-refractivity contribution in [3.05, 3.63) is 65.7 Å². The summed E-state index contributed by atoms with van der Waals surface area (Å²) in [5, 5.41) is 7.33. The Labute approximate surface area is 215 Å². The lowest BCUT2D eigenvalue weighted by atomic mass is 10.1. The van der Waals surface area contributed by atoms with Crippen LogP contribution in [-0.2, 0) is 6.54 Å². The van der Waals surface area contributed by atoms with E-state index in [1.165, 1.54) is 30.9 Å². The van der Waals surface area contributed by atoms with Crippen molar-refractivity contribution in [1.82, 2.24) is 40.0 Å². The first-order valence-corrected chi connectivity index (χ1v) is 13.2. The van der Waals surface area contributed by atoms with Crippen LogP contribution in [0.25, 0.3) is 55.4 Å². The van der Waals surface area contributed by atoms with Crippen molar-refractivity contribution in [2.24, 2.45) is 0 Å². The van der Waals surface area contributed by atoms with E-state index in [4.69, 9.17) is 9.97 Å². The molecule has 7 rings (SSSR count). The van der Waals surface area contributed by atoms with Crippen molar-refractivity contribution in [2.45, 2.75) is 25.8 Å². The SMILES string of the molecule is Fc1ccc(-c2nccc3[nH]c(-c4n[nH]c5ccc(-c6cncc(CN7CCCCC7)c6)nc45)nc23)s1. The van der Waals surface area contributed by atoms with Gasteiger partial charge < -0.3 is 4.98 Å². The average molecular weight is 511 g/mol. The van der Waals surface area contributed by atoms with E-state index in [-0.39, 0.29) is 5.13 Å². The molecule has 184 valence electrons. The number of hydrogen-bond acceptors (Lipinski definition) is 7. The molecule has 0 bridgehead atoms. The zero-order valence-electron chi connectivity index (χ0n) is 19.9. The number of fused-ring (bicyclic) bond motifs is 2. The molecule has 1 aliphatic rings. The standard InChI is InChI=1S/C27H23FN8S/c28-22-7-6-21(37-22)25-23-19(8-9-30-25)32-27(33-23)26-24-20(34-35-26)5-4-18(31-24)17-12-16(13-29-14-17)15-36-10-2-1-3-11-36/h4-9,12-14H,1-3,10-11,15H2,(H,32,33)(H,34,35). The number of pyridine rings is 3. The lowest BCUT2D eigenvalue weighted by molar-refractivity contribution is 0.220. The van der Waals surface area contributed by atoms with Crippen molar-refractivity contribution in [3.63, 3.8) is 0 Å². The monoisotopic (exact) mass is 510 g/mol. The quantitative estimate of drug-likeness (QED) is 0.304. The van der Waals surface area contributed by atoms with Crippen molar-refractivity contribution in [3.8, 4) is 33.3 Å². The molecule has 0 amide bonds. The predicted molar refractivity (Wildman–Crippen MR) is 142 cm³/mol. The third-order valence-corrected chi connectivity index (χ3v) is 7.67. The number of likely N-dealkylation sites (tertiary alicyclic amines) is 1. The topological polar surface area (TPSA) is 99.3 Å². The third kappa shape index (κ3) is 4.17. The summed E-state index contributed by atoms with van der Waals surface area (Å²) in [4.78, 5) is 25.3. The van der Waals surface area contributed by atoms with Crippen molar-refractivity contribution >= 4 is 33.4 Å². The van der Waals surface area contributed by atoms with Gasteiger partial charge in [0.05, 0.1) is 21.6 Å². The predicted octanol–water partition coefficient (Wildman–Crippen LogP) is 5.81. The van der Waals surface area contributed by atoms with Gasteiger partial charge in [0.25, 0.3) is 0 Å². The van der Waals surface area contributed by atoms with E-state index in [0.717, 1.165) is 63.7 Å². The van der Waals surface area contributed by atoms with Gasteiger partial charge in [-0.25, -0.2) is 9.97 Å². The fraction of sp³-hybridized carbons (Fsp3) is 0.222. The van der Waals surface area contributed by atoms with Gasteiger partial charge in [0.15, 0.2) is 16.6 Å². The van der Waals surface area contributed by atoms with Crippen molar-refractivity contribution < 1.29 is 4.39 Å². The summed E-state index contributed by atoms with van der Waals surface area (Å²) >= 11 is 1.05. The summed E-state index contributed by atoms with van der Waals surface area (Å²) in [6.45, 7) is 3.19. The third-order valence-electron chi connectivity index (χ3n) is 6.79. The van der Waals surface area contributed by atoms with Crippen LogP contribution in [0.15, 0.2) is 55.0 Å². The van der Waals surface area contributed by atoms with Crippen LogP contribution in [0.4, 0.5) is 4.39 Å². The fourth-order valence-corrected chi connectivity index (χ4v) is 5.71. The van der Waals surface area contributed by atoms with Crippen LogP contribution in [0.5, 0.6) is 0 Å². The first-order valence-electron chi connectivity index (χ1n) is 12.3. The Hall–Kier alpha value is -4.02. The lowest BCUT2D eigenvalue weighted by Gasteiger charge is -2.26. The molecular formula is C27H23FN8S. The summed E-state index contributed by atoms with van der Waals surface area (Å²) in [6, 6.07) is 11.2. The second kappa shape index (κ2) is 9.13. The molecule has 1 aliphatic heterocycles. The zero-order chi connectivity index (χ0) is 24.8. The number of aromatic nitrogens is 7. The molecule has 0 radical (unpaired) electrons. The molecule has 0 aromatic carbocycles. The highest BCUT2D eigenvalue weighted by atomic mass is 32.1. The van der Waals surface area contributed by atoms with Gasteiger partial charge >= 0.3 is 0 Å². The molecule has 7 heterocycles. The number of thiophene rings is 1. The van der Waals surface area contributed by atoms with Crippen molar-refractivity contribution in [1.29, 1.82) is 0 Å². The number of H-pyrrole nitrogens is 2. The van der Waals surface area contributed by atoms with E-state index in [1.807, 2.05) is 30.6 Å². The molecule has 6 aromatic heterocycles. The molecular weight excluding hydrogens is 487 g/mol. The van der Waals surface area contributed by atoms with Gasteiger partial charge in [-0.05, 0) is 67.9 Å². The van der Waals surface area contributed by atoms with Crippen LogP contribution in [0.3, 0.4) is 0 Å². The van der Waals surface area contributed by atoms with Gasteiger partial charge in [-0.2, -0.15) is 9.49 Å². The molecule has 0 saturated carbocycles. The maximum Gasteiger partial charge on any atom is 0.177 e. The van der Waals surface area contributed by atoms with E-state index >= 15 is 0 Å². The number of nitrogens with zero attached hydrogens (tertiary/aromatic N) is 6. The molecule has 0 aliphatic carbocycles. The van der Waals surface area contributed by atoms with Crippen LogP contribution in [0.1, 0.15) is 24.8 Å². The summed E-state index contributed by atoms with van der Waals surface area (Å²) in [7, 11) is 0. The smallest absolute Gasteiger partial charge is 0.177 e. The van der Waals surface area contributed by atoms with Gasteiger partial charge in [0, 0.05) is 30.7 Å². The van der Waals surface area contributed by atoms with E-state index < -0.39 is 0 Å². The van der Waals surface area contributed by atoms with E-state index in [9.17, 15) is 4.39 Å². The number of nitrogens with one attached hydrogen (secondary N) is 2. The Morgan fingerprint density at radius 2 is 1.81 bits per heavy atom. The fourth-order valence-electron chi connectivity index (χ4n) is 4.98. The normalized spacial score (nSPS) is 14.6. The lowest BCUT2D eigenvalue weighted by Crippen LogP contribution is -2.29. The maximum absolute atomic E-state index is 13.7. The second-order valence-electron chi connectivity index (χ2n) is 9.33.